The van der Waals surface area contributed by atoms with Crippen LogP contribution in [-0.4, -0.2) is 57.2 Å². The second-order valence-electron chi connectivity index (χ2n) is 7.25. The van der Waals surface area contributed by atoms with Crippen molar-refractivity contribution in [2.75, 3.05) is 56.7 Å². The van der Waals surface area contributed by atoms with Gasteiger partial charge in [0.15, 0.2) is 0 Å². The summed E-state index contributed by atoms with van der Waals surface area (Å²) in [4.78, 5) is 17.3. The minimum Gasteiger partial charge on any atom is -0.383 e. The summed E-state index contributed by atoms with van der Waals surface area (Å²) >= 11 is 0. The number of piperazine rings is 1. The Morgan fingerprint density at radius 2 is 1.72 bits per heavy atom. The van der Waals surface area contributed by atoms with Crippen molar-refractivity contribution >= 4 is 22.9 Å². The molecule has 0 spiro atoms. The van der Waals surface area contributed by atoms with E-state index in [1.54, 1.807) is 13.2 Å². The van der Waals surface area contributed by atoms with Crippen LogP contribution in [0.2, 0.25) is 0 Å². The average molecular weight is 394 g/mol. The third kappa shape index (κ3) is 6.17. The van der Waals surface area contributed by atoms with Crippen LogP contribution >= 0.6 is 0 Å². The predicted octanol–water partition coefficient (Wildman–Crippen LogP) is 3.89. The van der Waals surface area contributed by atoms with Gasteiger partial charge in [0.2, 0.25) is 5.91 Å². The lowest BCUT2D eigenvalue weighted by molar-refractivity contribution is -0.111. The van der Waals surface area contributed by atoms with E-state index in [2.05, 4.69) is 34.2 Å². The number of allylic oxidation sites excluding steroid dienone is 1. The lowest BCUT2D eigenvalue weighted by atomic mass is 10.0. The van der Waals surface area contributed by atoms with Crippen LogP contribution in [0.1, 0.15) is 18.9 Å². The Bertz CT molecular complexity index is 795. The molecule has 1 N–H and O–H groups in total. The Morgan fingerprint density at radius 3 is 2.34 bits per heavy atom. The van der Waals surface area contributed by atoms with Gasteiger partial charge in [-0.1, -0.05) is 37.3 Å². The molecule has 1 heterocycles. The van der Waals surface area contributed by atoms with Crippen LogP contribution in [-0.2, 0) is 9.53 Å². The van der Waals surface area contributed by atoms with Crippen LogP contribution < -0.4 is 10.2 Å². The molecule has 2 aromatic carbocycles. The SMILES string of the molecule is CC/C(=C\C(=O)Nc1ccc(N2CCN(CCOC)CC2)cc1)c1ccccc1. The highest BCUT2D eigenvalue weighted by atomic mass is 16.5. The van der Waals surface area contributed by atoms with Crippen LogP contribution in [0.5, 0.6) is 0 Å². The highest BCUT2D eigenvalue weighted by Gasteiger charge is 2.16. The summed E-state index contributed by atoms with van der Waals surface area (Å²) < 4.78 is 5.16. The standard InChI is InChI=1S/C24H31N3O2/c1-3-20(21-7-5-4-6-8-21)19-24(28)25-22-9-11-23(12-10-22)27-15-13-26(14-16-27)17-18-29-2/h4-12,19H,3,13-18H2,1-2H3,(H,25,28)/b20-19+. The number of hydrogen-bond acceptors (Lipinski definition) is 4. The molecule has 0 bridgehead atoms. The van der Waals surface area contributed by atoms with Crippen molar-refractivity contribution in [3.8, 4) is 0 Å². The monoisotopic (exact) mass is 393 g/mol. The van der Waals surface area contributed by atoms with Crippen LogP contribution in [0.25, 0.3) is 5.57 Å². The van der Waals surface area contributed by atoms with Crippen LogP contribution in [0, 0.1) is 0 Å². The van der Waals surface area contributed by atoms with Gasteiger partial charge in [-0.05, 0) is 41.8 Å². The summed E-state index contributed by atoms with van der Waals surface area (Å²) in [6.45, 7) is 7.95. The summed E-state index contributed by atoms with van der Waals surface area (Å²) in [5.41, 5.74) is 4.14. The van der Waals surface area contributed by atoms with Crippen LogP contribution in [0.3, 0.4) is 0 Å². The zero-order valence-corrected chi connectivity index (χ0v) is 17.4. The molecule has 0 unspecified atom stereocenters. The number of ether oxygens (including phenoxy) is 1. The Morgan fingerprint density at radius 1 is 1.03 bits per heavy atom. The van der Waals surface area contributed by atoms with Gasteiger partial charge in [-0.2, -0.15) is 0 Å². The van der Waals surface area contributed by atoms with Gasteiger partial charge in [0.25, 0.3) is 0 Å². The molecule has 1 saturated heterocycles. The number of amides is 1. The Labute approximate surface area is 174 Å². The van der Waals surface area contributed by atoms with E-state index < -0.39 is 0 Å². The molecule has 5 heteroatoms. The van der Waals surface area contributed by atoms with Crippen molar-refractivity contribution in [2.24, 2.45) is 0 Å². The molecule has 0 aliphatic carbocycles. The topological polar surface area (TPSA) is 44.8 Å². The molecule has 0 aromatic heterocycles. The van der Waals surface area contributed by atoms with E-state index in [-0.39, 0.29) is 5.91 Å². The van der Waals surface area contributed by atoms with Gasteiger partial charge in [0.1, 0.15) is 0 Å². The number of carbonyl (C=O) groups excluding carboxylic acids is 1. The maximum Gasteiger partial charge on any atom is 0.248 e. The van der Waals surface area contributed by atoms with E-state index in [1.807, 2.05) is 42.5 Å². The molecule has 0 saturated carbocycles. The highest BCUT2D eigenvalue weighted by Crippen LogP contribution is 2.21. The first-order chi connectivity index (χ1) is 14.2. The second kappa shape index (κ2) is 10.8. The minimum atomic E-state index is -0.0924. The molecule has 3 rings (SSSR count). The fourth-order valence-corrected chi connectivity index (χ4v) is 3.58. The van der Waals surface area contributed by atoms with E-state index in [1.165, 1.54) is 5.69 Å². The van der Waals surface area contributed by atoms with Crippen molar-refractivity contribution in [3.05, 3.63) is 66.2 Å². The Hall–Kier alpha value is -2.63. The van der Waals surface area contributed by atoms with Crippen molar-refractivity contribution < 1.29 is 9.53 Å². The number of hydrogen-bond donors (Lipinski definition) is 1. The third-order valence-electron chi connectivity index (χ3n) is 5.31. The smallest absolute Gasteiger partial charge is 0.248 e. The zero-order chi connectivity index (χ0) is 20.5. The van der Waals surface area contributed by atoms with Crippen molar-refractivity contribution in [3.63, 3.8) is 0 Å². The summed E-state index contributed by atoms with van der Waals surface area (Å²) in [5.74, 6) is -0.0924. The van der Waals surface area contributed by atoms with E-state index in [9.17, 15) is 4.79 Å². The minimum absolute atomic E-state index is 0.0924. The Kier molecular flexibility index (Phi) is 7.85. The number of carbonyl (C=O) groups is 1. The average Bonchev–Trinajstić information content (AvgIpc) is 2.77. The normalized spacial score (nSPS) is 15.4. The first kappa shape index (κ1) is 21.1. The van der Waals surface area contributed by atoms with Crippen LogP contribution in [0.4, 0.5) is 11.4 Å². The second-order valence-corrected chi connectivity index (χ2v) is 7.25. The number of nitrogens with zero attached hydrogens (tertiary/aromatic N) is 2. The molecule has 2 aromatic rings. The predicted molar refractivity (Wildman–Crippen MR) is 120 cm³/mol. The quantitative estimate of drug-likeness (QED) is 0.691. The fraction of sp³-hybridized carbons (Fsp3) is 0.375. The maximum atomic E-state index is 12.5. The number of nitrogens with one attached hydrogen (secondary N) is 1. The molecule has 1 amide bonds. The number of anilines is 2. The summed E-state index contributed by atoms with van der Waals surface area (Å²) in [7, 11) is 1.75. The summed E-state index contributed by atoms with van der Waals surface area (Å²) in [6.07, 6.45) is 2.51. The maximum absolute atomic E-state index is 12.5. The largest absolute Gasteiger partial charge is 0.383 e. The molecule has 154 valence electrons. The van der Waals surface area contributed by atoms with E-state index in [0.29, 0.717) is 0 Å². The lowest BCUT2D eigenvalue weighted by Gasteiger charge is -2.36. The molecule has 1 aliphatic rings. The molecular formula is C24H31N3O2. The summed E-state index contributed by atoms with van der Waals surface area (Å²) in [5, 5.41) is 2.98. The van der Waals surface area contributed by atoms with E-state index >= 15 is 0 Å². The van der Waals surface area contributed by atoms with Crippen molar-refractivity contribution in [1.82, 2.24) is 4.90 Å². The lowest BCUT2D eigenvalue weighted by Crippen LogP contribution is -2.47. The molecular weight excluding hydrogens is 362 g/mol. The number of benzene rings is 2. The first-order valence-corrected chi connectivity index (χ1v) is 10.3. The van der Waals surface area contributed by atoms with Gasteiger partial charge in [-0.15, -0.1) is 0 Å². The first-order valence-electron chi connectivity index (χ1n) is 10.3. The highest BCUT2D eigenvalue weighted by molar-refractivity contribution is 6.04. The van der Waals surface area contributed by atoms with Gasteiger partial charge in [-0.25, -0.2) is 0 Å². The van der Waals surface area contributed by atoms with Gasteiger partial charge in [0.05, 0.1) is 6.61 Å². The van der Waals surface area contributed by atoms with Crippen molar-refractivity contribution in [1.29, 1.82) is 0 Å². The van der Waals surface area contributed by atoms with Crippen molar-refractivity contribution in [2.45, 2.75) is 13.3 Å². The molecule has 0 atom stereocenters. The van der Waals surface area contributed by atoms with E-state index in [4.69, 9.17) is 4.74 Å². The molecule has 29 heavy (non-hydrogen) atoms. The number of rotatable bonds is 8. The van der Waals surface area contributed by atoms with Crippen LogP contribution in [0.15, 0.2) is 60.7 Å². The van der Waals surface area contributed by atoms with Gasteiger partial charge in [-0.3, -0.25) is 9.69 Å². The Balaban J connectivity index is 1.55. The summed E-state index contributed by atoms with van der Waals surface area (Å²) in [6, 6.07) is 18.2. The molecule has 0 radical (unpaired) electrons. The van der Waals surface area contributed by atoms with E-state index in [0.717, 1.165) is 62.6 Å². The third-order valence-corrected chi connectivity index (χ3v) is 5.31. The molecule has 1 fully saturated rings. The van der Waals surface area contributed by atoms with Gasteiger partial charge < -0.3 is 15.0 Å². The zero-order valence-electron chi connectivity index (χ0n) is 17.4. The van der Waals surface area contributed by atoms with Gasteiger partial charge in [0, 0.05) is 57.3 Å². The fourth-order valence-electron chi connectivity index (χ4n) is 3.58. The molecule has 1 aliphatic heterocycles. The number of methoxy groups -OCH3 is 1. The molecule has 5 nitrogen and oxygen atoms in total. The van der Waals surface area contributed by atoms with Gasteiger partial charge >= 0.3 is 0 Å².